The fourth-order valence-electron chi connectivity index (χ4n) is 2.44. The van der Waals surface area contributed by atoms with Crippen LogP contribution in [0.4, 0.5) is 5.69 Å². The minimum atomic E-state index is -0.0579. The molecule has 3 rings (SSSR count). The molecule has 0 saturated carbocycles. The van der Waals surface area contributed by atoms with Crippen LogP contribution < -0.4 is 10.2 Å². The highest BCUT2D eigenvalue weighted by atomic mass is 16.1. The number of amides is 1. The smallest absolute Gasteiger partial charge is 0.251 e. The molecule has 0 bridgehead atoms. The number of imidazole rings is 1. The largest absolute Gasteiger partial charge is 0.378 e. The summed E-state index contributed by atoms with van der Waals surface area (Å²) in [4.78, 5) is 18.7. The molecule has 1 amide bonds. The molecule has 2 heterocycles. The maximum absolute atomic E-state index is 12.2. The first-order valence-electron chi connectivity index (χ1n) is 7.62. The molecule has 3 aromatic rings. The van der Waals surface area contributed by atoms with Gasteiger partial charge in [0.05, 0.1) is 5.69 Å². The third-order valence-electron chi connectivity index (χ3n) is 3.71. The Kier molecular flexibility index (Phi) is 4.28. The van der Waals surface area contributed by atoms with E-state index in [0.717, 1.165) is 17.0 Å². The number of carbonyl (C=O) groups is 1. The number of benzene rings is 1. The lowest BCUT2D eigenvalue weighted by Gasteiger charge is -2.13. The molecule has 118 valence electrons. The van der Waals surface area contributed by atoms with Crippen molar-refractivity contribution >= 4 is 17.2 Å². The Morgan fingerprint density at radius 3 is 2.87 bits per heavy atom. The van der Waals surface area contributed by atoms with Gasteiger partial charge in [-0.15, -0.1) is 0 Å². The van der Waals surface area contributed by atoms with Crippen molar-refractivity contribution in [2.45, 2.75) is 6.42 Å². The van der Waals surface area contributed by atoms with E-state index in [1.807, 2.05) is 78.3 Å². The predicted molar refractivity (Wildman–Crippen MR) is 92.0 cm³/mol. The highest BCUT2D eigenvalue weighted by Gasteiger charge is 2.07. The highest BCUT2D eigenvalue weighted by molar-refractivity contribution is 5.95. The van der Waals surface area contributed by atoms with Gasteiger partial charge in [-0.2, -0.15) is 0 Å². The molecule has 5 nitrogen and oxygen atoms in total. The van der Waals surface area contributed by atoms with Crippen LogP contribution in [0.1, 0.15) is 16.1 Å². The van der Waals surface area contributed by atoms with Crippen molar-refractivity contribution in [3.05, 3.63) is 66.1 Å². The first kappa shape index (κ1) is 15.1. The molecule has 0 unspecified atom stereocenters. The number of nitrogens with one attached hydrogen (secondary N) is 1. The van der Waals surface area contributed by atoms with Gasteiger partial charge in [0.25, 0.3) is 5.91 Å². The Labute approximate surface area is 135 Å². The van der Waals surface area contributed by atoms with Crippen LogP contribution in [0.5, 0.6) is 0 Å². The van der Waals surface area contributed by atoms with E-state index in [1.54, 1.807) is 0 Å². The van der Waals surface area contributed by atoms with Crippen molar-refractivity contribution in [1.82, 2.24) is 14.7 Å². The van der Waals surface area contributed by atoms with Gasteiger partial charge in [0, 0.05) is 50.7 Å². The molecule has 0 radical (unpaired) electrons. The molecule has 0 fully saturated rings. The summed E-state index contributed by atoms with van der Waals surface area (Å²) in [7, 11) is 3.92. The molecule has 0 aliphatic heterocycles. The SMILES string of the molecule is CN(C)c1cccc(C(=O)NCCc2cn3ccccc3n2)c1. The van der Waals surface area contributed by atoms with E-state index in [1.165, 1.54) is 0 Å². The quantitative estimate of drug-likeness (QED) is 0.787. The molecule has 0 atom stereocenters. The summed E-state index contributed by atoms with van der Waals surface area (Å²) in [6.45, 7) is 0.564. The molecule has 0 aliphatic carbocycles. The number of fused-ring (bicyclic) bond motifs is 1. The number of nitrogens with zero attached hydrogens (tertiary/aromatic N) is 3. The van der Waals surface area contributed by atoms with Crippen LogP contribution >= 0.6 is 0 Å². The standard InChI is InChI=1S/C18H20N4O/c1-21(2)16-7-5-6-14(12-16)18(23)19-10-9-15-13-22-11-4-3-8-17(22)20-15/h3-8,11-13H,9-10H2,1-2H3,(H,19,23). The lowest BCUT2D eigenvalue weighted by atomic mass is 10.2. The van der Waals surface area contributed by atoms with Crippen molar-refractivity contribution in [1.29, 1.82) is 0 Å². The molecular formula is C18H20N4O. The fraction of sp³-hybridized carbons (Fsp3) is 0.222. The van der Waals surface area contributed by atoms with Crippen LogP contribution in [-0.2, 0) is 6.42 Å². The van der Waals surface area contributed by atoms with Crippen LogP contribution in [-0.4, -0.2) is 35.9 Å². The van der Waals surface area contributed by atoms with Gasteiger partial charge < -0.3 is 14.6 Å². The topological polar surface area (TPSA) is 49.6 Å². The summed E-state index contributed by atoms with van der Waals surface area (Å²) in [5, 5.41) is 2.95. The van der Waals surface area contributed by atoms with E-state index < -0.39 is 0 Å². The third-order valence-corrected chi connectivity index (χ3v) is 3.71. The molecule has 0 saturated heterocycles. The van der Waals surface area contributed by atoms with Gasteiger partial charge in [-0.3, -0.25) is 4.79 Å². The Bertz CT molecular complexity index is 790. The average molecular weight is 308 g/mol. The minimum Gasteiger partial charge on any atom is -0.378 e. The number of pyridine rings is 1. The first-order valence-corrected chi connectivity index (χ1v) is 7.62. The summed E-state index contributed by atoms with van der Waals surface area (Å²) in [5.41, 5.74) is 3.58. The second kappa shape index (κ2) is 6.52. The van der Waals surface area contributed by atoms with Crippen LogP contribution in [0.25, 0.3) is 5.65 Å². The molecule has 2 aromatic heterocycles. The van der Waals surface area contributed by atoms with Crippen LogP contribution in [0.3, 0.4) is 0 Å². The van der Waals surface area contributed by atoms with Crippen LogP contribution in [0.15, 0.2) is 54.9 Å². The molecule has 1 N–H and O–H groups in total. The van der Waals surface area contributed by atoms with E-state index in [0.29, 0.717) is 18.5 Å². The van der Waals surface area contributed by atoms with Crippen molar-refractivity contribution in [2.75, 3.05) is 25.5 Å². The number of anilines is 1. The van der Waals surface area contributed by atoms with Gasteiger partial charge in [0.15, 0.2) is 0 Å². The average Bonchev–Trinajstić information content (AvgIpc) is 2.97. The zero-order valence-corrected chi connectivity index (χ0v) is 13.4. The summed E-state index contributed by atoms with van der Waals surface area (Å²) >= 11 is 0. The summed E-state index contributed by atoms with van der Waals surface area (Å²) in [6.07, 6.45) is 4.67. The van der Waals surface area contributed by atoms with Gasteiger partial charge in [0.2, 0.25) is 0 Å². The molecule has 0 aliphatic rings. The van der Waals surface area contributed by atoms with Crippen molar-refractivity contribution in [3.8, 4) is 0 Å². The maximum atomic E-state index is 12.2. The number of carbonyl (C=O) groups excluding carboxylic acids is 1. The Balaban J connectivity index is 1.59. The lowest BCUT2D eigenvalue weighted by Crippen LogP contribution is -2.26. The van der Waals surface area contributed by atoms with Crippen LogP contribution in [0.2, 0.25) is 0 Å². The van der Waals surface area contributed by atoms with Gasteiger partial charge >= 0.3 is 0 Å². The lowest BCUT2D eigenvalue weighted by molar-refractivity contribution is 0.0954. The van der Waals surface area contributed by atoms with Crippen molar-refractivity contribution in [2.24, 2.45) is 0 Å². The van der Waals surface area contributed by atoms with Gasteiger partial charge in [-0.05, 0) is 30.3 Å². The fourth-order valence-corrected chi connectivity index (χ4v) is 2.44. The molecule has 5 heteroatoms. The molecule has 1 aromatic carbocycles. The molecule has 0 spiro atoms. The van der Waals surface area contributed by atoms with E-state index in [-0.39, 0.29) is 5.91 Å². The second-order valence-corrected chi connectivity index (χ2v) is 5.65. The minimum absolute atomic E-state index is 0.0579. The van der Waals surface area contributed by atoms with Gasteiger partial charge in [-0.1, -0.05) is 12.1 Å². The third kappa shape index (κ3) is 3.51. The predicted octanol–water partition coefficient (Wildman–Crippen LogP) is 2.37. The normalized spacial score (nSPS) is 10.7. The summed E-state index contributed by atoms with van der Waals surface area (Å²) < 4.78 is 1.98. The van der Waals surface area contributed by atoms with E-state index in [9.17, 15) is 4.79 Å². The van der Waals surface area contributed by atoms with E-state index in [2.05, 4.69) is 10.3 Å². The number of hydrogen-bond acceptors (Lipinski definition) is 3. The van der Waals surface area contributed by atoms with Crippen molar-refractivity contribution < 1.29 is 4.79 Å². The Morgan fingerprint density at radius 2 is 2.09 bits per heavy atom. The number of rotatable bonds is 5. The number of hydrogen-bond donors (Lipinski definition) is 1. The zero-order valence-electron chi connectivity index (χ0n) is 13.4. The van der Waals surface area contributed by atoms with Gasteiger partial charge in [-0.25, -0.2) is 4.98 Å². The van der Waals surface area contributed by atoms with E-state index in [4.69, 9.17) is 0 Å². The van der Waals surface area contributed by atoms with Gasteiger partial charge in [0.1, 0.15) is 5.65 Å². The second-order valence-electron chi connectivity index (χ2n) is 5.65. The van der Waals surface area contributed by atoms with Crippen molar-refractivity contribution in [3.63, 3.8) is 0 Å². The Morgan fingerprint density at radius 1 is 1.22 bits per heavy atom. The van der Waals surface area contributed by atoms with E-state index >= 15 is 0 Å². The van der Waals surface area contributed by atoms with Crippen LogP contribution in [0, 0.1) is 0 Å². The maximum Gasteiger partial charge on any atom is 0.251 e. The highest BCUT2D eigenvalue weighted by Crippen LogP contribution is 2.13. The first-order chi connectivity index (χ1) is 11.1. The monoisotopic (exact) mass is 308 g/mol. The zero-order chi connectivity index (χ0) is 16.2. The molecular weight excluding hydrogens is 288 g/mol. The summed E-state index contributed by atoms with van der Waals surface area (Å²) in [5.74, 6) is -0.0579. The number of aromatic nitrogens is 2. The summed E-state index contributed by atoms with van der Waals surface area (Å²) in [6, 6.07) is 13.5. The molecule has 23 heavy (non-hydrogen) atoms. The Hall–Kier alpha value is -2.82.